The molecule has 25 heavy (non-hydrogen) atoms. The lowest BCUT2D eigenvalue weighted by molar-refractivity contribution is -0.121. The summed E-state index contributed by atoms with van der Waals surface area (Å²) in [6.45, 7) is 2.00. The number of nitrogens with zero attached hydrogens (tertiary/aromatic N) is 3. The number of benzene rings is 1. The lowest BCUT2D eigenvalue weighted by atomic mass is 10.1. The summed E-state index contributed by atoms with van der Waals surface area (Å²) in [5.74, 6) is 0.0662. The fourth-order valence-electron chi connectivity index (χ4n) is 2.74. The van der Waals surface area contributed by atoms with Crippen LogP contribution in [0.4, 0.5) is 0 Å². The van der Waals surface area contributed by atoms with Crippen molar-refractivity contribution in [2.45, 2.75) is 32.2 Å². The highest BCUT2D eigenvalue weighted by molar-refractivity contribution is 5.76. The maximum absolute atomic E-state index is 12.2. The van der Waals surface area contributed by atoms with E-state index in [0.29, 0.717) is 6.42 Å². The molecule has 5 heteroatoms. The van der Waals surface area contributed by atoms with Gasteiger partial charge in [-0.2, -0.15) is 0 Å². The van der Waals surface area contributed by atoms with E-state index in [1.54, 1.807) is 18.7 Å². The maximum Gasteiger partial charge on any atom is 0.220 e. The third-order valence-corrected chi connectivity index (χ3v) is 4.11. The first-order chi connectivity index (χ1) is 12.2. The summed E-state index contributed by atoms with van der Waals surface area (Å²) in [6.07, 6.45) is 9.32. The number of hydrogen-bond donors (Lipinski definition) is 1. The molecule has 0 saturated heterocycles. The topological polar surface area (TPSA) is 59.8 Å². The standard InChI is InChI=1S/C20H22N4O/c1-16(17-6-4-9-19(14-17)24-13-12-21-15-24)23-20(25)10-5-8-18-7-2-3-11-22-18/h2-4,6-7,9,11-16H,5,8,10H2,1H3,(H,23,25). The van der Waals surface area contributed by atoms with Crippen LogP contribution >= 0.6 is 0 Å². The summed E-state index contributed by atoms with van der Waals surface area (Å²) >= 11 is 0. The number of aryl methyl sites for hydroxylation is 1. The highest BCUT2D eigenvalue weighted by Crippen LogP contribution is 2.17. The van der Waals surface area contributed by atoms with Gasteiger partial charge in [0.05, 0.1) is 12.4 Å². The number of hydrogen-bond acceptors (Lipinski definition) is 3. The van der Waals surface area contributed by atoms with Crippen LogP contribution in [0.15, 0.2) is 67.4 Å². The Hall–Kier alpha value is -2.95. The predicted octanol–water partition coefficient (Wildman–Crippen LogP) is 3.47. The van der Waals surface area contributed by atoms with Crippen LogP contribution in [0.1, 0.15) is 37.1 Å². The fourth-order valence-corrected chi connectivity index (χ4v) is 2.74. The Bertz CT molecular complexity index is 800. The number of rotatable bonds is 7. The largest absolute Gasteiger partial charge is 0.350 e. The van der Waals surface area contributed by atoms with Gasteiger partial charge in [0, 0.05) is 36.4 Å². The third kappa shape index (κ3) is 4.76. The fraction of sp³-hybridized carbons (Fsp3) is 0.250. The quantitative estimate of drug-likeness (QED) is 0.720. The molecule has 5 nitrogen and oxygen atoms in total. The maximum atomic E-state index is 12.2. The monoisotopic (exact) mass is 334 g/mol. The molecule has 2 heterocycles. The third-order valence-electron chi connectivity index (χ3n) is 4.11. The smallest absolute Gasteiger partial charge is 0.220 e. The molecule has 1 unspecified atom stereocenters. The van der Waals surface area contributed by atoms with Gasteiger partial charge in [0.2, 0.25) is 5.91 Å². The molecule has 0 bridgehead atoms. The highest BCUT2D eigenvalue weighted by atomic mass is 16.1. The van der Waals surface area contributed by atoms with E-state index >= 15 is 0 Å². The van der Waals surface area contributed by atoms with Crippen molar-refractivity contribution < 1.29 is 4.79 Å². The average Bonchev–Trinajstić information content (AvgIpc) is 3.17. The Labute approximate surface area is 147 Å². The second-order valence-electron chi connectivity index (χ2n) is 6.03. The molecular weight excluding hydrogens is 312 g/mol. The van der Waals surface area contributed by atoms with Gasteiger partial charge in [-0.15, -0.1) is 0 Å². The number of nitrogens with one attached hydrogen (secondary N) is 1. The van der Waals surface area contributed by atoms with Gasteiger partial charge in [0.15, 0.2) is 0 Å². The summed E-state index contributed by atoms with van der Waals surface area (Å²) < 4.78 is 1.95. The normalized spacial score (nSPS) is 11.9. The van der Waals surface area contributed by atoms with Crippen LogP contribution in [-0.4, -0.2) is 20.4 Å². The second-order valence-corrected chi connectivity index (χ2v) is 6.03. The minimum absolute atomic E-state index is 0.0363. The number of pyridine rings is 1. The van der Waals surface area contributed by atoms with E-state index in [2.05, 4.69) is 21.4 Å². The van der Waals surface area contributed by atoms with E-state index in [1.165, 1.54) is 0 Å². The van der Waals surface area contributed by atoms with E-state index < -0.39 is 0 Å². The molecule has 1 amide bonds. The Kier molecular flexibility index (Phi) is 5.57. The van der Waals surface area contributed by atoms with Crippen molar-refractivity contribution >= 4 is 5.91 Å². The Morgan fingerprint density at radius 1 is 1.20 bits per heavy atom. The van der Waals surface area contributed by atoms with Crippen LogP contribution in [0.3, 0.4) is 0 Å². The van der Waals surface area contributed by atoms with Gasteiger partial charge in [-0.25, -0.2) is 4.98 Å². The van der Waals surface area contributed by atoms with E-state index in [9.17, 15) is 4.79 Å². The predicted molar refractivity (Wildman–Crippen MR) is 97.3 cm³/mol. The van der Waals surface area contributed by atoms with Crippen molar-refractivity contribution in [1.29, 1.82) is 0 Å². The number of amides is 1. The first-order valence-electron chi connectivity index (χ1n) is 8.50. The minimum atomic E-state index is -0.0363. The van der Waals surface area contributed by atoms with Crippen molar-refractivity contribution in [2.75, 3.05) is 0 Å². The molecule has 2 aromatic heterocycles. The highest BCUT2D eigenvalue weighted by Gasteiger charge is 2.10. The van der Waals surface area contributed by atoms with Crippen molar-refractivity contribution in [3.63, 3.8) is 0 Å². The molecule has 3 aromatic rings. The van der Waals surface area contributed by atoms with Crippen LogP contribution < -0.4 is 5.32 Å². The lowest BCUT2D eigenvalue weighted by Gasteiger charge is -2.15. The van der Waals surface area contributed by atoms with E-state index in [-0.39, 0.29) is 11.9 Å². The Morgan fingerprint density at radius 3 is 2.88 bits per heavy atom. The summed E-state index contributed by atoms with van der Waals surface area (Å²) in [6, 6.07) is 13.9. The summed E-state index contributed by atoms with van der Waals surface area (Å²) in [4.78, 5) is 20.5. The van der Waals surface area contributed by atoms with Gasteiger partial charge in [0.1, 0.15) is 0 Å². The van der Waals surface area contributed by atoms with Gasteiger partial charge in [0.25, 0.3) is 0 Å². The zero-order chi connectivity index (χ0) is 17.5. The van der Waals surface area contributed by atoms with Crippen molar-refractivity contribution in [3.8, 4) is 5.69 Å². The first kappa shape index (κ1) is 16.9. The van der Waals surface area contributed by atoms with Crippen LogP contribution in [0.2, 0.25) is 0 Å². The van der Waals surface area contributed by atoms with Gasteiger partial charge < -0.3 is 9.88 Å². The number of aromatic nitrogens is 3. The van der Waals surface area contributed by atoms with E-state index in [1.807, 2.05) is 54.1 Å². The molecule has 3 rings (SSSR count). The summed E-state index contributed by atoms with van der Waals surface area (Å²) in [5, 5.41) is 3.07. The zero-order valence-electron chi connectivity index (χ0n) is 14.3. The minimum Gasteiger partial charge on any atom is -0.350 e. The number of imidazole rings is 1. The molecule has 0 aliphatic rings. The summed E-state index contributed by atoms with van der Waals surface area (Å²) in [7, 11) is 0. The van der Waals surface area contributed by atoms with Crippen LogP contribution in [0.5, 0.6) is 0 Å². The van der Waals surface area contributed by atoms with Gasteiger partial charge in [-0.1, -0.05) is 18.2 Å². The molecule has 0 aliphatic heterocycles. The second kappa shape index (κ2) is 8.24. The molecule has 128 valence electrons. The molecular formula is C20H22N4O. The van der Waals surface area contributed by atoms with Crippen LogP contribution in [0, 0.1) is 0 Å². The first-order valence-corrected chi connectivity index (χ1v) is 8.50. The van der Waals surface area contributed by atoms with Gasteiger partial charge in [-0.3, -0.25) is 9.78 Å². The lowest BCUT2D eigenvalue weighted by Crippen LogP contribution is -2.26. The molecule has 0 radical (unpaired) electrons. The van der Waals surface area contributed by atoms with Gasteiger partial charge >= 0.3 is 0 Å². The van der Waals surface area contributed by atoms with E-state index in [0.717, 1.165) is 29.8 Å². The van der Waals surface area contributed by atoms with Crippen molar-refractivity contribution in [1.82, 2.24) is 19.9 Å². The molecule has 1 atom stereocenters. The Balaban J connectivity index is 1.52. The molecule has 0 fully saturated rings. The summed E-state index contributed by atoms with van der Waals surface area (Å²) in [5.41, 5.74) is 3.13. The molecule has 0 saturated carbocycles. The number of carbonyl (C=O) groups is 1. The van der Waals surface area contributed by atoms with Crippen molar-refractivity contribution in [3.05, 3.63) is 78.6 Å². The molecule has 0 aliphatic carbocycles. The molecule has 1 aromatic carbocycles. The zero-order valence-corrected chi connectivity index (χ0v) is 14.3. The molecule has 1 N–H and O–H groups in total. The SMILES string of the molecule is CC(NC(=O)CCCc1ccccn1)c1cccc(-n2ccnc2)c1. The van der Waals surface area contributed by atoms with Crippen molar-refractivity contribution in [2.24, 2.45) is 0 Å². The Morgan fingerprint density at radius 2 is 2.12 bits per heavy atom. The van der Waals surface area contributed by atoms with Crippen LogP contribution in [-0.2, 0) is 11.2 Å². The average molecular weight is 334 g/mol. The van der Waals surface area contributed by atoms with Gasteiger partial charge in [-0.05, 0) is 49.6 Å². The molecule has 0 spiro atoms. The van der Waals surface area contributed by atoms with Crippen LogP contribution in [0.25, 0.3) is 5.69 Å². The van der Waals surface area contributed by atoms with E-state index in [4.69, 9.17) is 0 Å². The number of carbonyl (C=O) groups excluding carboxylic acids is 1.